The first-order valence-electron chi connectivity index (χ1n) is 7.36. The van der Waals surface area contributed by atoms with Gasteiger partial charge >= 0.3 is 0 Å². The minimum Gasteiger partial charge on any atom is -0.495 e. The van der Waals surface area contributed by atoms with Crippen molar-refractivity contribution in [2.45, 2.75) is 0 Å². The summed E-state index contributed by atoms with van der Waals surface area (Å²) >= 11 is 12.4. The summed E-state index contributed by atoms with van der Waals surface area (Å²) in [6.45, 7) is 0. The van der Waals surface area contributed by atoms with Crippen LogP contribution in [-0.2, 0) is 4.79 Å². The molecule has 0 aromatic heterocycles. The van der Waals surface area contributed by atoms with E-state index in [0.29, 0.717) is 16.6 Å². The second-order valence-electron chi connectivity index (χ2n) is 5.36. The molecule has 0 N–H and O–H groups in total. The Labute approximate surface area is 168 Å². The van der Waals surface area contributed by atoms with Crippen LogP contribution < -0.4 is 9.64 Å². The lowest BCUT2D eigenvalue weighted by atomic mass is 10.1. The van der Waals surface area contributed by atoms with Gasteiger partial charge in [0.1, 0.15) is 11.4 Å². The standard InChI is InChI=1S/C18H14Br2N2O2S/c1-21-15(9-11-8-12(19)10-14(20)16(11)24-2)17(23)22(18(21)25)13-6-4-3-5-7-13/h3-10H,1-2H3/b15-9-. The molecular formula is C18H14Br2N2O2S. The maximum Gasteiger partial charge on any atom is 0.281 e. The smallest absolute Gasteiger partial charge is 0.281 e. The fourth-order valence-electron chi connectivity index (χ4n) is 2.61. The highest BCUT2D eigenvalue weighted by molar-refractivity contribution is 9.11. The Hall–Kier alpha value is -1.70. The van der Waals surface area contributed by atoms with Crippen molar-refractivity contribution in [2.24, 2.45) is 0 Å². The van der Waals surface area contributed by atoms with E-state index in [0.717, 1.165) is 20.2 Å². The van der Waals surface area contributed by atoms with E-state index in [1.807, 2.05) is 42.5 Å². The number of amides is 1. The molecule has 1 fully saturated rings. The number of halogens is 2. The number of benzene rings is 2. The molecule has 0 bridgehead atoms. The number of likely N-dealkylation sites (N-methyl/N-ethyl adjacent to an activating group) is 1. The zero-order valence-electron chi connectivity index (χ0n) is 13.5. The number of carbonyl (C=O) groups excluding carboxylic acids is 1. The zero-order valence-corrected chi connectivity index (χ0v) is 17.5. The third-order valence-electron chi connectivity index (χ3n) is 3.81. The molecule has 128 valence electrons. The number of anilines is 1. The lowest BCUT2D eigenvalue weighted by Gasteiger charge is -2.16. The number of nitrogens with zero attached hydrogens (tertiary/aromatic N) is 2. The van der Waals surface area contributed by atoms with Crippen LogP contribution in [0.25, 0.3) is 6.08 Å². The Balaban J connectivity index is 2.08. The molecule has 1 heterocycles. The summed E-state index contributed by atoms with van der Waals surface area (Å²) in [5.41, 5.74) is 2.00. The molecule has 0 saturated carbocycles. The van der Waals surface area contributed by atoms with Gasteiger partial charge in [-0.25, -0.2) is 0 Å². The molecular weight excluding hydrogens is 468 g/mol. The minimum atomic E-state index is -0.170. The SMILES string of the molecule is COc1c(Br)cc(Br)cc1/C=C1/C(=O)N(c2ccccc2)C(=S)N1C. The molecule has 1 saturated heterocycles. The average molecular weight is 482 g/mol. The third-order valence-corrected chi connectivity index (χ3v) is 5.31. The Bertz CT molecular complexity index is 884. The second kappa shape index (κ2) is 7.27. The number of para-hydroxylation sites is 1. The van der Waals surface area contributed by atoms with Crippen molar-refractivity contribution in [3.8, 4) is 5.75 Å². The number of thiocarbonyl (C=S) groups is 1. The fraction of sp³-hybridized carbons (Fsp3) is 0.111. The van der Waals surface area contributed by atoms with Crippen LogP contribution >= 0.6 is 44.1 Å². The summed E-state index contributed by atoms with van der Waals surface area (Å²) in [4.78, 5) is 16.2. The molecule has 2 aromatic rings. The van der Waals surface area contributed by atoms with Crippen molar-refractivity contribution in [1.82, 2.24) is 4.90 Å². The summed E-state index contributed by atoms with van der Waals surface area (Å²) in [5.74, 6) is 0.484. The van der Waals surface area contributed by atoms with Gasteiger partial charge in [0.05, 0.1) is 17.3 Å². The fourth-order valence-corrected chi connectivity index (χ4v) is 4.32. The number of hydrogen-bond donors (Lipinski definition) is 0. The molecule has 0 spiro atoms. The lowest BCUT2D eigenvalue weighted by Crippen LogP contribution is -2.30. The van der Waals surface area contributed by atoms with Crippen LogP contribution in [0.15, 0.2) is 57.1 Å². The number of ether oxygens (including phenoxy) is 1. The van der Waals surface area contributed by atoms with Gasteiger partial charge < -0.3 is 9.64 Å². The van der Waals surface area contributed by atoms with Crippen LogP contribution in [0.3, 0.4) is 0 Å². The Morgan fingerprint density at radius 3 is 2.48 bits per heavy atom. The molecule has 0 aliphatic carbocycles. The van der Waals surface area contributed by atoms with Crippen LogP contribution in [0, 0.1) is 0 Å². The molecule has 1 amide bonds. The van der Waals surface area contributed by atoms with Gasteiger partial charge in [0, 0.05) is 17.1 Å². The first-order valence-corrected chi connectivity index (χ1v) is 9.35. The zero-order chi connectivity index (χ0) is 18.1. The predicted molar refractivity (Wildman–Crippen MR) is 111 cm³/mol. The topological polar surface area (TPSA) is 32.8 Å². The molecule has 0 radical (unpaired) electrons. The van der Waals surface area contributed by atoms with Crippen molar-refractivity contribution in [1.29, 1.82) is 0 Å². The van der Waals surface area contributed by atoms with Crippen molar-refractivity contribution >= 4 is 66.9 Å². The van der Waals surface area contributed by atoms with Crippen LogP contribution in [0.5, 0.6) is 5.75 Å². The predicted octanol–water partition coefficient (Wildman–Crippen LogP) is 4.82. The Morgan fingerprint density at radius 2 is 1.84 bits per heavy atom. The maximum absolute atomic E-state index is 13.0. The molecule has 25 heavy (non-hydrogen) atoms. The molecule has 3 rings (SSSR count). The van der Waals surface area contributed by atoms with Crippen LogP contribution in [0.2, 0.25) is 0 Å². The molecule has 0 unspecified atom stereocenters. The highest BCUT2D eigenvalue weighted by atomic mass is 79.9. The number of hydrogen-bond acceptors (Lipinski definition) is 3. The summed E-state index contributed by atoms with van der Waals surface area (Å²) in [6, 6.07) is 13.2. The van der Waals surface area contributed by atoms with E-state index in [4.69, 9.17) is 17.0 Å². The van der Waals surface area contributed by atoms with Gasteiger partial charge in [-0.15, -0.1) is 0 Å². The van der Waals surface area contributed by atoms with E-state index in [-0.39, 0.29) is 5.91 Å². The van der Waals surface area contributed by atoms with E-state index in [9.17, 15) is 4.79 Å². The van der Waals surface area contributed by atoms with Gasteiger partial charge in [-0.1, -0.05) is 34.1 Å². The number of methoxy groups -OCH3 is 1. The summed E-state index contributed by atoms with van der Waals surface area (Å²) in [5, 5.41) is 0.440. The molecule has 2 aromatic carbocycles. The van der Waals surface area contributed by atoms with E-state index < -0.39 is 0 Å². The van der Waals surface area contributed by atoms with Gasteiger partial charge in [0.15, 0.2) is 5.11 Å². The van der Waals surface area contributed by atoms with Crippen LogP contribution in [0.1, 0.15) is 5.56 Å². The quantitative estimate of drug-likeness (QED) is 0.464. The third kappa shape index (κ3) is 3.36. The largest absolute Gasteiger partial charge is 0.495 e. The van der Waals surface area contributed by atoms with Gasteiger partial charge in [0.2, 0.25) is 0 Å². The summed E-state index contributed by atoms with van der Waals surface area (Å²) < 4.78 is 7.14. The van der Waals surface area contributed by atoms with Gasteiger partial charge in [-0.3, -0.25) is 9.69 Å². The van der Waals surface area contributed by atoms with Crippen molar-refractivity contribution in [3.63, 3.8) is 0 Å². The minimum absolute atomic E-state index is 0.170. The van der Waals surface area contributed by atoms with Crippen molar-refractivity contribution in [2.75, 3.05) is 19.1 Å². The van der Waals surface area contributed by atoms with Gasteiger partial charge in [0.25, 0.3) is 5.91 Å². The average Bonchev–Trinajstić information content (AvgIpc) is 2.79. The molecule has 1 aliphatic heterocycles. The molecule has 0 atom stereocenters. The lowest BCUT2D eigenvalue weighted by molar-refractivity contribution is -0.114. The first kappa shape index (κ1) is 18.1. The van der Waals surface area contributed by atoms with Gasteiger partial charge in [-0.05, 0) is 58.5 Å². The Kier molecular flexibility index (Phi) is 5.27. The summed E-state index contributed by atoms with van der Waals surface area (Å²) in [6.07, 6.45) is 1.78. The first-order chi connectivity index (χ1) is 11.9. The Morgan fingerprint density at radius 1 is 1.16 bits per heavy atom. The summed E-state index contributed by atoms with van der Waals surface area (Å²) in [7, 11) is 3.38. The second-order valence-corrected chi connectivity index (χ2v) is 7.49. The van der Waals surface area contributed by atoms with Crippen LogP contribution in [-0.4, -0.2) is 30.1 Å². The molecule has 7 heteroatoms. The van der Waals surface area contributed by atoms with E-state index in [1.54, 1.807) is 25.1 Å². The maximum atomic E-state index is 13.0. The van der Waals surface area contributed by atoms with Crippen molar-refractivity contribution in [3.05, 3.63) is 62.7 Å². The number of carbonyl (C=O) groups is 1. The highest BCUT2D eigenvalue weighted by Gasteiger charge is 2.36. The van der Waals surface area contributed by atoms with E-state index in [1.165, 1.54) is 4.90 Å². The monoisotopic (exact) mass is 480 g/mol. The van der Waals surface area contributed by atoms with E-state index in [2.05, 4.69) is 31.9 Å². The van der Waals surface area contributed by atoms with E-state index >= 15 is 0 Å². The number of rotatable bonds is 3. The van der Waals surface area contributed by atoms with Crippen LogP contribution in [0.4, 0.5) is 5.69 Å². The molecule has 1 aliphatic rings. The normalized spacial score (nSPS) is 16.1. The van der Waals surface area contributed by atoms with Gasteiger partial charge in [-0.2, -0.15) is 0 Å². The van der Waals surface area contributed by atoms with Crippen molar-refractivity contribution < 1.29 is 9.53 Å². The molecule has 4 nitrogen and oxygen atoms in total. The highest BCUT2D eigenvalue weighted by Crippen LogP contribution is 2.36.